The zero-order valence-corrected chi connectivity index (χ0v) is 22.9. The number of alkyl carbamates (subject to hydrolysis) is 1. The molecular formula is C27H45N3O4. The van der Waals surface area contributed by atoms with Crippen LogP contribution in [0.1, 0.15) is 91.5 Å². The van der Waals surface area contributed by atoms with Crippen molar-refractivity contribution in [3.63, 3.8) is 0 Å². The van der Waals surface area contributed by atoms with Crippen molar-refractivity contribution in [1.82, 2.24) is 15.5 Å². The molecule has 0 heterocycles. The molecule has 0 aliphatic rings. The third kappa shape index (κ3) is 8.33. The summed E-state index contributed by atoms with van der Waals surface area (Å²) in [6.07, 6.45) is -0.00216. The molecule has 3 unspecified atom stereocenters. The molecule has 7 heteroatoms. The van der Waals surface area contributed by atoms with Crippen molar-refractivity contribution < 1.29 is 19.1 Å². The van der Waals surface area contributed by atoms with Gasteiger partial charge in [-0.15, -0.1) is 0 Å². The van der Waals surface area contributed by atoms with Gasteiger partial charge in [0.2, 0.25) is 11.8 Å². The second-order valence-electron chi connectivity index (χ2n) is 10.8. The van der Waals surface area contributed by atoms with Gasteiger partial charge in [0, 0.05) is 12.1 Å². The maximum atomic E-state index is 14.0. The van der Waals surface area contributed by atoms with E-state index in [1.807, 2.05) is 73.6 Å². The molecule has 1 rings (SSSR count). The Balaban J connectivity index is 3.57. The summed E-state index contributed by atoms with van der Waals surface area (Å²) in [4.78, 5) is 41.8. The average Bonchev–Trinajstić information content (AvgIpc) is 2.67. The standard InChI is InChI=1S/C27H45N3O4/c1-12-20(8)30(25(32)22(16(2)3)29-26(33)34-27(9,10)11)23(24(31)28-17(4)5)21-14-13-18(6)15-19(21)7/h13-17,20,22-23H,12H2,1-11H3,(H,28,31)(H,29,33). The molecule has 0 saturated carbocycles. The normalized spacial score (nSPS) is 14.4. The van der Waals surface area contributed by atoms with E-state index in [1.54, 1.807) is 25.7 Å². The van der Waals surface area contributed by atoms with E-state index < -0.39 is 23.8 Å². The highest BCUT2D eigenvalue weighted by atomic mass is 16.6. The number of nitrogens with one attached hydrogen (secondary N) is 2. The Morgan fingerprint density at radius 2 is 1.59 bits per heavy atom. The Kier molecular flexibility index (Phi) is 10.6. The van der Waals surface area contributed by atoms with Crippen LogP contribution in [0.15, 0.2) is 18.2 Å². The number of rotatable bonds is 9. The van der Waals surface area contributed by atoms with E-state index in [2.05, 4.69) is 10.6 Å². The van der Waals surface area contributed by atoms with Gasteiger partial charge in [-0.1, -0.05) is 44.5 Å². The number of ether oxygens (including phenoxy) is 1. The number of hydrogen-bond donors (Lipinski definition) is 2. The fourth-order valence-electron chi connectivity index (χ4n) is 3.82. The summed E-state index contributed by atoms with van der Waals surface area (Å²) in [6.45, 7) is 20.7. The predicted molar refractivity (Wildman–Crippen MR) is 137 cm³/mol. The van der Waals surface area contributed by atoms with Crippen LogP contribution < -0.4 is 10.6 Å². The van der Waals surface area contributed by atoms with Crippen LogP contribution in [0.3, 0.4) is 0 Å². The van der Waals surface area contributed by atoms with Gasteiger partial charge in [0.05, 0.1) is 0 Å². The summed E-state index contributed by atoms with van der Waals surface area (Å²) in [5.74, 6) is -0.756. The molecule has 0 aliphatic carbocycles. The lowest BCUT2D eigenvalue weighted by molar-refractivity contribution is -0.146. The monoisotopic (exact) mass is 475 g/mol. The van der Waals surface area contributed by atoms with Gasteiger partial charge < -0.3 is 20.3 Å². The van der Waals surface area contributed by atoms with Crippen LogP contribution in [0.2, 0.25) is 0 Å². The lowest BCUT2D eigenvalue weighted by atomic mass is 9.93. The maximum Gasteiger partial charge on any atom is 0.408 e. The molecular weight excluding hydrogens is 430 g/mol. The van der Waals surface area contributed by atoms with E-state index in [4.69, 9.17) is 4.74 Å². The lowest BCUT2D eigenvalue weighted by Crippen LogP contribution is -2.57. The molecule has 0 aromatic heterocycles. The zero-order valence-electron chi connectivity index (χ0n) is 22.9. The third-order valence-corrected chi connectivity index (χ3v) is 5.60. The van der Waals surface area contributed by atoms with Gasteiger partial charge >= 0.3 is 6.09 Å². The minimum Gasteiger partial charge on any atom is -0.444 e. The first-order chi connectivity index (χ1) is 15.6. The SMILES string of the molecule is CCC(C)N(C(=O)C(NC(=O)OC(C)(C)C)C(C)C)C(C(=O)NC(C)C)c1ccc(C)cc1C. The van der Waals surface area contributed by atoms with E-state index in [1.165, 1.54) is 0 Å². The first-order valence-electron chi connectivity index (χ1n) is 12.3. The first kappa shape index (κ1) is 29.5. The lowest BCUT2D eigenvalue weighted by Gasteiger charge is -2.39. The van der Waals surface area contributed by atoms with Crippen LogP contribution in [-0.4, -0.2) is 46.5 Å². The number of carbonyl (C=O) groups is 3. The molecule has 1 aromatic rings. The summed E-state index contributed by atoms with van der Waals surface area (Å²) in [6, 6.07) is 3.90. The summed E-state index contributed by atoms with van der Waals surface area (Å²) < 4.78 is 5.41. The molecule has 0 radical (unpaired) electrons. The second kappa shape index (κ2) is 12.2. The van der Waals surface area contributed by atoms with E-state index in [0.717, 1.165) is 16.7 Å². The summed E-state index contributed by atoms with van der Waals surface area (Å²) in [7, 11) is 0. The predicted octanol–water partition coefficient (Wildman–Crippen LogP) is 5.05. The van der Waals surface area contributed by atoms with Gasteiger partial charge in [0.15, 0.2) is 0 Å². The van der Waals surface area contributed by atoms with Crippen LogP contribution in [0.4, 0.5) is 4.79 Å². The van der Waals surface area contributed by atoms with Crippen molar-refractivity contribution in [3.8, 4) is 0 Å². The molecule has 0 aliphatic heterocycles. The van der Waals surface area contributed by atoms with Crippen LogP contribution in [0.25, 0.3) is 0 Å². The molecule has 2 N–H and O–H groups in total. The Morgan fingerprint density at radius 1 is 1.00 bits per heavy atom. The maximum absolute atomic E-state index is 14.0. The molecule has 7 nitrogen and oxygen atoms in total. The molecule has 192 valence electrons. The molecule has 0 saturated heterocycles. The number of hydrogen-bond acceptors (Lipinski definition) is 4. The van der Waals surface area contributed by atoms with E-state index >= 15 is 0 Å². The number of amides is 3. The Labute approximate surface area is 206 Å². The van der Waals surface area contributed by atoms with E-state index in [9.17, 15) is 14.4 Å². The Bertz CT molecular complexity index is 858. The van der Waals surface area contributed by atoms with Crippen molar-refractivity contribution >= 4 is 17.9 Å². The minimum absolute atomic E-state index is 0.0876. The molecule has 0 spiro atoms. The first-order valence-corrected chi connectivity index (χ1v) is 12.3. The molecule has 3 atom stereocenters. The highest BCUT2D eigenvalue weighted by Gasteiger charge is 2.40. The number of carbonyl (C=O) groups excluding carboxylic acids is 3. The number of nitrogens with zero attached hydrogens (tertiary/aromatic N) is 1. The fraction of sp³-hybridized carbons (Fsp3) is 0.667. The van der Waals surface area contributed by atoms with Crippen molar-refractivity contribution in [2.75, 3.05) is 0 Å². The van der Waals surface area contributed by atoms with Crippen molar-refractivity contribution in [3.05, 3.63) is 34.9 Å². The van der Waals surface area contributed by atoms with Crippen LogP contribution in [-0.2, 0) is 14.3 Å². The van der Waals surface area contributed by atoms with Crippen molar-refractivity contribution in [1.29, 1.82) is 0 Å². The fourth-order valence-corrected chi connectivity index (χ4v) is 3.82. The number of aryl methyl sites for hydroxylation is 2. The highest BCUT2D eigenvalue weighted by Crippen LogP contribution is 2.30. The van der Waals surface area contributed by atoms with Gasteiger partial charge in [-0.05, 0) is 78.9 Å². The smallest absolute Gasteiger partial charge is 0.408 e. The van der Waals surface area contributed by atoms with Crippen molar-refractivity contribution in [2.24, 2.45) is 5.92 Å². The highest BCUT2D eigenvalue weighted by molar-refractivity contribution is 5.92. The molecule has 0 bridgehead atoms. The van der Waals surface area contributed by atoms with Gasteiger partial charge in [0.25, 0.3) is 0 Å². The minimum atomic E-state index is -0.844. The van der Waals surface area contributed by atoms with Crippen LogP contribution >= 0.6 is 0 Å². The third-order valence-electron chi connectivity index (χ3n) is 5.60. The molecule has 3 amide bonds. The summed E-state index contributed by atoms with van der Waals surface area (Å²) >= 11 is 0. The Hall–Kier alpha value is -2.57. The van der Waals surface area contributed by atoms with Gasteiger partial charge in [-0.3, -0.25) is 9.59 Å². The van der Waals surface area contributed by atoms with Crippen LogP contribution in [0.5, 0.6) is 0 Å². The zero-order chi connectivity index (χ0) is 26.4. The molecule has 34 heavy (non-hydrogen) atoms. The van der Waals surface area contributed by atoms with Crippen LogP contribution in [0, 0.1) is 19.8 Å². The quantitative estimate of drug-likeness (QED) is 0.523. The summed E-state index contributed by atoms with van der Waals surface area (Å²) in [5.41, 5.74) is 2.10. The second-order valence-corrected chi connectivity index (χ2v) is 10.8. The molecule has 0 fully saturated rings. The van der Waals surface area contributed by atoms with E-state index in [0.29, 0.717) is 6.42 Å². The number of benzene rings is 1. The molecule has 1 aromatic carbocycles. The van der Waals surface area contributed by atoms with Crippen molar-refractivity contribution in [2.45, 2.75) is 112 Å². The largest absolute Gasteiger partial charge is 0.444 e. The topological polar surface area (TPSA) is 87.7 Å². The van der Waals surface area contributed by atoms with E-state index in [-0.39, 0.29) is 29.8 Å². The Morgan fingerprint density at radius 3 is 2.03 bits per heavy atom. The van der Waals surface area contributed by atoms with Gasteiger partial charge in [0.1, 0.15) is 17.7 Å². The summed E-state index contributed by atoms with van der Waals surface area (Å²) in [5, 5.41) is 5.75. The van der Waals surface area contributed by atoms with Gasteiger partial charge in [-0.25, -0.2) is 4.79 Å². The average molecular weight is 476 g/mol. The van der Waals surface area contributed by atoms with Gasteiger partial charge in [-0.2, -0.15) is 0 Å².